The van der Waals surface area contributed by atoms with Gasteiger partial charge < -0.3 is 10.6 Å². The maximum atomic E-state index is 14.1. The van der Waals surface area contributed by atoms with Gasteiger partial charge in [0, 0.05) is 30.7 Å². The quantitative estimate of drug-likeness (QED) is 0.336. The van der Waals surface area contributed by atoms with Gasteiger partial charge in [0.15, 0.2) is 0 Å². The van der Waals surface area contributed by atoms with Crippen LogP contribution in [0.4, 0.5) is 10.2 Å². The summed E-state index contributed by atoms with van der Waals surface area (Å²) in [6, 6.07) is 15.9. The van der Waals surface area contributed by atoms with Crippen LogP contribution >= 0.6 is 24.0 Å². The molecule has 0 radical (unpaired) electrons. The molecule has 1 aliphatic heterocycles. The van der Waals surface area contributed by atoms with Gasteiger partial charge in [0.1, 0.15) is 34.3 Å². The normalized spacial score (nSPS) is 15.3. The Morgan fingerprint density at radius 2 is 2.00 bits per heavy atom. The van der Waals surface area contributed by atoms with Crippen LogP contribution in [0.25, 0.3) is 27.5 Å². The average Bonchev–Trinajstić information content (AvgIpc) is 3.25. The van der Waals surface area contributed by atoms with Gasteiger partial charge in [-0.2, -0.15) is 5.26 Å². The fourth-order valence-electron chi connectivity index (χ4n) is 5.27. The van der Waals surface area contributed by atoms with E-state index in [0.29, 0.717) is 30.3 Å². The molecule has 2 N–H and O–H groups in total. The monoisotopic (exact) mass is 563 g/mol. The number of anilines is 1. The van der Waals surface area contributed by atoms with Crippen molar-refractivity contribution in [3.05, 3.63) is 93.5 Å². The van der Waals surface area contributed by atoms with Crippen LogP contribution in [0.3, 0.4) is 0 Å². The lowest BCUT2D eigenvalue weighted by Gasteiger charge is -2.33. The number of nitrogens with zero attached hydrogens (tertiary/aromatic N) is 6. The van der Waals surface area contributed by atoms with E-state index in [1.807, 2.05) is 35.2 Å². The maximum Gasteiger partial charge on any atom is 0.278 e. The first-order valence-electron chi connectivity index (χ1n) is 12.3. The van der Waals surface area contributed by atoms with Crippen molar-refractivity contribution in [2.75, 3.05) is 18.0 Å². The third-order valence-corrected chi connectivity index (χ3v) is 7.31. The lowest BCUT2D eigenvalue weighted by Crippen LogP contribution is -2.43. The number of hydrogen-bond acceptors (Lipinski definition) is 6. The molecule has 0 bridgehead atoms. The lowest BCUT2D eigenvalue weighted by atomic mass is 10.1. The molecule has 0 aliphatic carbocycles. The Balaban J connectivity index is 0.00000308. The van der Waals surface area contributed by atoms with Gasteiger partial charge in [0.2, 0.25) is 0 Å². The Hall–Kier alpha value is -3.97. The van der Waals surface area contributed by atoms with E-state index in [0.717, 1.165) is 23.6 Å². The highest BCUT2D eigenvalue weighted by Gasteiger charge is 2.30. The smallest absolute Gasteiger partial charge is 0.278 e. The third kappa shape index (κ3) is 4.61. The SMILES string of the molecule is Cl.N#Cc1c(N2CCC[C@H](N)C2)n(-c2ccc(F)cc2Cl)c2c(=O)n(Cc3nccc4ccccc34)cnc12. The molecular formula is C28H24Cl2FN7O. The van der Waals surface area contributed by atoms with E-state index in [1.54, 1.807) is 10.8 Å². The molecule has 11 heteroatoms. The van der Waals surface area contributed by atoms with Crippen LogP contribution in [0.2, 0.25) is 5.02 Å². The zero-order chi connectivity index (χ0) is 26.4. The van der Waals surface area contributed by atoms with E-state index in [4.69, 9.17) is 17.3 Å². The molecule has 0 amide bonds. The summed E-state index contributed by atoms with van der Waals surface area (Å²) in [6.07, 6.45) is 4.84. The van der Waals surface area contributed by atoms with Crippen molar-refractivity contribution in [3.63, 3.8) is 0 Å². The molecule has 1 atom stereocenters. The molecule has 0 unspecified atom stereocenters. The van der Waals surface area contributed by atoms with E-state index in [-0.39, 0.29) is 52.2 Å². The highest BCUT2D eigenvalue weighted by Crippen LogP contribution is 2.36. The van der Waals surface area contributed by atoms with Crippen molar-refractivity contribution >= 4 is 51.6 Å². The molecule has 1 fully saturated rings. The van der Waals surface area contributed by atoms with Crippen molar-refractivity contribution in [1.29, 1.82) is 5.26 Å². The Labute approximate surface area is 234 Å². The molecule has 0 saturated carbocycles. The summed E-state index contributed by atoms with van der Waals surface area (Å²) in [5, 5.41) is 12.3. The summed E-state index contributed by atoms with van der Waals surface area (Å²) in [5.41, 5.74) is 7.70. The molecule has 3 aromatic heterocycles. The third-order valence-electron chi connectivity index (χ3n) is 7.01. The standard InChI is InChI=1S/C28H23ClFN7O.ClH/c29-22-12-18(30)7-8-24(22)37-26-25(21(13-31)27(37)35-11-3-5-19(32)14-35)34-16-36(28(26)38)15-23-20-6-2-1-4-17(20)9-10-33-23;/h1-2,4,6-10,12,16,19H,3,5,11,14-15,32H2;1H/t19-;/m0./s1. The van der Waals surface area contributed by atoms with Gasteiger partial charge in [-0.15, -0.1) is 12.4 Å². The Kier molecular flexibility index (Phi) is 7.28. The van der Waals surface area contributed by atoms with E-state index < -0.39 is 5.82 Å². The van der Waals surface area contributed by atoms with Crippen molar-refractivity contribution in [2.45, 2.75) is 25.4 Å². The van der Waals surface area contributed by atoms with Crippen molar-refractivity contribution in [3.8, 4) is 11.8 Å². The molecular weight excluding hydrogens is 540 g/mol. The second-order valence-electron chi connectivity index (χ2n) is 9.44. The van der Waals surface area contributed by atoms with Gasteiger partial charge in [-0.3, -0.25) is 18.9 Å². The highest BCUT2D eigenvalue weighted by molar-refractivity contribution is 6.32. The van der Waals surface area contributed by atoms with Crippen LogP contribution in [-0.4, -0.2) is 38.2 Å². The summed E-state index contributed by atoms with van der Waals surface area (Å²) in [5.74, 6) is -0.0216. The predicted octanol–water partition coefficient (Wildman–Crippen LogP) is 4.80. The second kappa shape index (κ2) is 10.7. The maximum absolute atomic E-state index is 14.1. The minimum Gasteiger partial charge on any atom is -0.355 e. The molecule has 4 heterocycles. The minimum atomic E-state index is -0.505. The number of aromatic nitrogens is 4. The molecule has 1 aliphatic rings. The second-order valence-corrected chi connectivity index (χ2v) is 9.85. The summed E-state index contributed by atoms with van der Waals surface area (Å²) < 4.78 is 17.1. The fraction of sp³-hybridized carbons (Fsp3) is 0.214. The van der Waals surface area contributed by atoms with Crippen molar-refractivity contribution in [1.82, 2.24) is 19.1 Å². The van der Waals surface area contributed by atoms with Crippen LogP contribution in [0.1, 0.15) is 24.1 Å². The number of halogens is 3. The number of hydrogen-bond donors (Lipinski definition) is 1. The predicted molar refractivity (Wildman–Crippen MR) is 153 cm³/mol. The van der Waals surface area contributed by atoms with Crippen LogP contribution in [-0.2, 0) is 6.54 Å². The zero-order valence-electron chi connectivity index (χ0n) is 20.7. The van der Waals surface area contributed by atoms with Crippen LogP contribution in [0, 0.1) is 17.1 Å². The number of nitrogens with two attached hydrogens (primary N) is 1. The molecule has 1 saturated heterocycles. The number of fused-ring (bicyclic) bond motifs is 2. The van der Waals surface area contributed by atoms with Gasteiger partial charge in [0.25, 0.3) is 5.56 Å². The van der Waals surface area contributed by atoms with Gasteiger partial charge in [-0.25, -0.2) is 9.37 Å². The molecule has 2 aromatic carbocycles. The van der Waals surface area contributed by atoms with Gasteiger partial charge in [-0.1, -0.05) is 35.9 Å². The summed E-state index contributed by atoms with van der Waals surface area (Å²) in [7, 11) is 0. The Bertz CT molecular complexity index is 1810. The van der Waals surface area contributed by atoms with Crippen LogP contribution in [0.15, 0.2) is 65.8 Å². The largest absolute Gasteiger partial charge is 0.355 e. The Morgan fingerprint density at radius 1 is 1.18 bits per heavy atom. The number of rotatable bonds is 4. The fourth-order valence-corrected chi connectivity index (χ4v) is 5.52. The van der Waals surface area contributed by atoms with Gasteiger partial charge >= 0.3 is 0 Å². The number of benzene rings is 2. The Morgan fingerprint density at radius 3 is 2.77 bits per heavy atom. The molecule has 0 spiro atoms. The van der Waals surface area contributed by atoms with Crippen LogP contribution < -0.4 is 16.2 Å². The van der Waals surface area contributed by atoms with E-state index in [9.17, 15) is 14.4 Å². The van der Waals surface area contributed by atoms with E-state index >= 15 is 0 Å². The van der Waals surface area contributed by atoms with E-state index in [2.05, 4.69) is 16.0 Å². The number of pyridine rings is 1. The molecule has 8 nitrogen and oxygen atoms in total. The molecule has 5 aromatic rings. The first kappa shape index (κ1) is 26.6. The summed E-state index contributed by atoms with van der Waals surface area (Å²) >= 11 is 6.52. The summed E-state index contributed by atoms with van der Waals surface area (Å²) in [6.45, 7) is 1.32. The van der Waals surface area contributed by atoms with Gasteiger partial charge in [0.05, 0.1) is 29.3 Å². The first-order valence-corrected chi connectivity index (χ1v) is 12.7. The number of nitriles is 1. The molecule has 6 rings (SSSR count). The lowest BCUT2D eigenvalue weighted by molar-refractivity contribution is 0.501. The minimum absolute atomic E-state index is 0. The molecule has 39 heavy (non-hydrogen) atoms. The van der Waals surface area contributed by atoms with Crippen LogP contribution in [0.5, 0.6) is 0 Å². The van der Waals surface area contributed by atoms with E-state index in [1.165, 1.54) is 29.1 Å². The molecule has 198 valence electrons. The number of piperidine rings is 1. The highest BCUT2D eigenvalue weighted by atomic mass is 35.5. The topological polar surface area (TPSA) is 106 Å². The summed E-state index contributed by atoms with van der Waals surface area (Å²) in [4.78, 5) is 25.2. The zero-order valence-corrected chi connectivity index (χ0v) is 22.3. The van der Waals surface area contributed by atoms with Gasteiger partial charge in [-0.05, 0) is 42.5 Å². The van der Waals surface area contributed by atoms with Crippen molar-refractivity contribution < 1.29 is 4.39 Å². The van der Waals surface area contributed by atoms with Crippen molar-refractivity contribution in [2.24, 2.45) is 5.73 Å². The average molecular weight is 564 g/mol. The first-order chi connectivity index (χ1) is 18.5.